The van der Waals surface area contributed by atoms with Crippen LogP contribution in [0.15, 0.2) is 23.4 Å². The lowest BCUT2D eigenvalue weighted by molar-refractivity contribution is 0.598. The van der Waals surface area contributed by atoms with Crippen molar-refractivity contribution >= 4 is 21.4 Å². The van der Waals surface area contributed by atoms with E-state index < -0.39 is 10.0 Å². The Balaban J connectivity index is 2.44. The Morgan fingerprint density at radius 1 is 1.32 bits per heavy atom. The molecule has 0 aliphatic carbocycles. The number of hydrogen-bond donors (Lipinski definition) is 3. The van der Waals surface area contributed by atoms with Crippen molar-refractivity contribution in [3.05, 3.63) is 29.7 Å². The first-order valence-electron chi connectivity index (χ1n) is 5.63. The van der Waals surface area contributed by atoms with Crippen LogP contribution in [0.1, 0.15) is 11.4 Å². The molecule has 8 heteroatoms. The van der Waals surface area contributed by atoms with Gasteiger partial charge < -0.3 is 5.32 Å². The van der Waals surface area contributed by atoms with Crippen LogP contribution < -0.4 is 10.0 Å². The summed E-state index contributed by atoms with van der Waals surface area (Å²) in [6, 6.07) is 3.32. The summed E-state index contributed by atoms with van der Waals surface area (Å²) in [6.45, 7) is 3.47. The lowest BCUT2D eigenvalue weighted by atomic mass is 10.3. The Bertz CT molecular complexity index is 673. The second-order valence-electron chi connectivity index (χ2n) is 4.02. The molecular weight excluding hydrogens is 266 g/mol. The van der Waals surface area contributed by atoms with Gasteiger partial charge in [-0.2, -0.15) is 13.5 Å². The maximum Gasteiger partial charge on any atom is 0.281 e. The number of rotatable bonds is 4. The second-order valence-corrected chi connectivity index (χ2v) is 5.62. The van der Waals surface area contributed by atoms with E-state index in [2.05, 4.69) is 25.2 Å². The summed E-state index contributed by atoms with van der Waals surface area (Å²) in [5.41, 5.74) is 2.13. The van der Waals surface area contributed by atoms with Gasteiger partial charge in [0.25, 0.3) is 10.0 Å². The quantitative estimate of drug-likeness (QED) is 0.783. The van der Waals surface area contributed by atoms with Crippen molar-refractivity contribution in [2.75, 3.05) is 17.1 Å². The molecule has 0 atom stereocenters. The first-order valence-corrected chi connectivity index (χ1v) is 7.11. The summed E-state index contributed by atoms with van der Waals surface area (Å²) < 4.78 is 27.2. The van der Waals surface area contributed by atoms with E-state index in [1.54, 1.807) is 33.0 Å². The van der Waals surface area contributed by atoms with Gasteiger partial charge in [0, 0.05) is 13.2 Å². The lowest BCUT2D eigenvalue weighted by Gasteiger charge is -2.10. The third kappa shape index (κ3) is 2.53. The highest BCUT2D eigenvalue weighted by atomic mass is 32.2. The largest absolute Gasteiger partial charge is 0.386 e. The third-order valence-electron chi connectivity index (χ3n) is 2.66. The monoisotopic (exact) mass is 281 g/mol. The fourth-order valence-electron chi connectivity index (χ4n) is 1.68. The SMILES string of the molecule is CNc1cccnc1S(=O)(=O)Nc1c(C)n[nH]c1C. The van der Waals surface area contributed by atoms with Crippen molar-refractivity contribution in [2.24, 2.45) is 0 Å². The van der Waals surface area contributed by atoms with Crippen LogP contribution >= 0.6 is 0 Å². The topological polar surface area (TPSA) is 99.8 Å². The number of sulfonamides is 1. The molecule has 3 N–H and O–H groups in total. The van der Waals surface area contributed by atoms with Gasteiger partial charge in [0.1, 0.15) is 0 Å². The van der Waals surface area contributed by atoms with Gasteiger partial charge in [-0.15, -0.1) is 0 Å². The van der Waals surface area contributed by atoms with Gasteiger partial charge in [-0.1, -0.05) is 0 Å². The fraction of sp³-hybridized carbons (Fsp3) is 0.273. The Hall–Kier alpha value is -2.09. The fourth-order valence-corrected chi connectivity index (χ4v) is 3.00. The number of aromatic amines is 1. The summed E-state index contributed by atoms with van der Waals surface area (Å²) in [7, 11) is -2.11. The van der Waals surface area contributed by atoms with Crippen LogP contribution in [-0.4, -0.2) is 30.6 Å². The molecule has 7 nitrogen and oxygen atoms in total. The smallest absolute Gasteiger partial charge is 0.281 e. The molecule has 2 aromatic rings. The number of hydrogen-bond acceptors (Lipinski definition) is 5. The molecule has 0 aliphatic rings. The molecule has 0 unspecified atom stereocenters. The van der Waals surface area contributed by atoms with Gasteiger partial charge in [0.2, 0.25) is 0 Å². The molecule has 0 spiro atoms. The molecule has 2 aromatic heterocycles. The molecule has 0 saturated carbocycles. The second kappa shape index (κ2) is 4.88. The minimum Gasteiger partial charge on any atom is -0.386 e. The maximum absolute atomic E-state index is 12.3. The van der Waals surface area contributed by atoms with E-state index >= 15 is 0 Å². The van der Waals surface area contributed by atoms with Crippen LogP contribution in [0.4, 0.5) is 11.4 Å². The van der Waals surface area contributed by atoms with Gasteiger partial charge in [-0.3, -0.25) is 9.82 Å². The molecular formula is C11H15N5O2S. The zero-order valence-corrected chi connectivity index (χ0v) is 11.7. The number of anilines is 2. The summed E-state index contributed by atoms with van der Waals surface area (Å²) >= 11 is 0. The number of pyridine rings is 1. The Kier molecular flexibility index (Phi) is 3.43. The molecule has 0 saturated heterocycles. The van der Waals surface area contributed by atoms with Crippen LogP contribution in [0.3, 0.4) is 0 Å². The highest BCUT2D eigenvalue weighted by Gasteiger charge is 2.22. The molecule has 0 aliphatic heterocycles. The summed E-state index contributed by atoms with van der Waals surface area (Å²) in [5, 5.41) is 9.44. The number of aryl methyl sites for hydroxylation is 2. The van der Waals surface area contributed by atoms with Gasteiger partial charge >= 0.3 is 0 Å². The van der Waals surface area contributed by atoms with Crippen LogP contribution in [0.25, 0.3) is 0 Å². The predicted octanol–water partition coefficient (Wildman–Crippen LogP) is 1.26. The summed E-state index contributed by atoms with van der Waals surface area (Å²) in [5.74, 6) is 0. The Labute approximate surface area is 111 Å². The molecule has 0 radical (unpaired) electrons. The maximum atomic E-state index is 12.3. The van der Waals surface area contributed by atoms with Gasteiger partial charge in [0.15, 0.2) is 5.03 Å². The van der Waals surface area contributed by atoms with Crippen molar-refractivity contribution in [1.29, 1.82) is 0 Å². The molecule has 2 rings (SSSR count). The molecule has 0 amide bonds. The summed E-state index contributed by atoms with van der Waals surface area (Å²) in [6.07, 6.45) is 1.44. The van der Waals surface area contributed by atoms with Gasteiger partial charge in [0.05, 0.1) is 22.8 Å². The van der Waals surface area contributed by atoms with Crippen molar-refractivity contribution in [1.82, 2.24) is 15.2 Å². The van der Waals surface area contributed by atoms with E-state index in [0.29, 0.717) is 22.8 Å². The van der Waals surface area contributed by atoms with E-state index in [1.807, 2.05) is 0 Å². The van der Waals surface area contributed by atoms with Crippen LogP contribution in [-0.2, 0) is 10.0 Å². The van der Waals surface area contributed by atoms with Crippen molar-refractivity contribution in [3.63, 3.8) is 0 Å². The third-order valence-corrected chi connectivity index (χ3v) is 3.97. The standard InChI is InChI=1S/C11H15N5O2S/c1-7-10(8(2)15-14-7)16-19(17,18)11-9(12-3)5-4-6-13-11/h4-6,12,16H,1-3H3,(H,14,15). The predicted molar refractivity (Wildman–Crippen MR) is 72.7 cm³/mol. The zero-order chi connectivity index (χ0) is 14.0. The molecule has 19 heavy (non-hydrogen) atoms. The lowest BCUT2D eigenvalue weighted by Crippen LogP contribution is -2.17. The normalized spacial score (nSPS) is 11.3. The van der Waals surface area contributed by atoms with Crippen molar-refractivity contribution in [2.45, 2.75) is 18.9 Å². The van der Waals surface area contributed by atoms with Crippen LogP contribution in [0, 0.1) is 13.8 Å². The average molecular weight is 281 g/mol. The molecule has 0 aromatic carbocycles. The number of H-pyrrole nitrogens is 1. The minimum atomic E-state index is -3.75. The number of nitrogens with zero attached hydrogens (tertiary/aromatic N) is 2. The zero-order valence-electron chi connectivity index (χ0n) is 10.9. The highest BCUT2D eigenvalue weighted by molar-refractivity contribution is 7.92. The Morgan fingerprint density at radius 3 is 2.63 bits per heavy atom. The van der Waals surface area contributed by atoms with Gasteiger partial charge in [-0.05, 0) is 26.0 Å². The molecule has 2 heterocycles. The number of nitrogens with one attached hydrogen (secondary N) is 3. The first-order chi connectivity index (χ1) is 8.95. The average Bonchev–Trinajstić information content (AvgIpc) is 2.70. The minimum absolute atomic E-state index is 0.0440. The van der Waals surface area contributed by atoms with Crippen LogP contribution in [0.5, 0.6) is 0 Å². The van der Waals surface area contributed by atoms with Crippen LogP contribution in [0.2, 0.25) is 0 Å². The van der Waals surface area contributed by atoms with Crippen molar-refractivity contribution in [3.8, 4) is 0 Å². The highest BCUT2D eigenvalue weighted by Crippen LogP contribution is 2.23. The Morgan fingerprint density at radius 2 is 2.05 bits per heavy atom. The number of aromatic nitrogens is 3. The molecule has 0 fully saturated rings. The van der Waals surface area contributed by atoms with E-state index in [0.717, 1.165) is 0 Å². The first kappa shape index (κ1) is 13.3. The van der Waals surface area contributed by atoms with E-state index in [4.69, 9.17) is 0 Å². The molecule has 102 valence electrons. The van der Waals surface area contributed by atoms with E-state index in [-0.39, 0.29) is 5.03 Å². The van der Waals surface area contributed by atoms with Gasteiger partial charge in [-0.25, -0.2) is 4.98 Å². The van der Waals surface area contributed by atoms with E-state index in [9.17, 15) is 8.42 Å². The molecule has 0 bridgehead atoms. The van der Waals surface area contributed by atoms with E-state index in [1.165, 1.54) is 6.20 Å². The van der Waals surface area contributed by atoms with Crippen molar-refractivity contribution < 1.29 is 8.42 Å². The summed E-state index contributed by atoms with van der Waals surface area (Å²) in [4.78, 5) is 3.92.